The maximum absolute atomic E-state index is 6.32. The lowest BCUT2D eigenvalue weighted by molar-refractivity contribution is 0.244. The van der Waals surface area contributed by atoms with Crippen molar-refractivity contribution >= 4 is 23.8 Å². The van der Waals surface area contributed by atoms with Crippen LogP contribution in [0.3, 0.4) is 0 Å². The van der Waals surface area contributed by atoms with Gasteiger partial charge in [0, 0.05) is 29.5 Å². The van der Waals surface area contributed by atoms with Crippen LogP contribution in [0.1, 0.15) is 11.1 Å². The van der Waals surface area contributed by atoms with E-state index in [-0.39, 0.29) is 0 Å². The van der Waals surface area contributed by atoms with Crippen LogP contribution in [0.2, 0.25) is 5.02 Å². The van der Waals surface area contributed by atoms with E-state index in [0.717, 1.165) is 22.0 Å². The van der Waals surface area contributed by atoms with Crippen molar-refractivity contribution in [2.75, 3.05) is 7.05 Å². The molecule has 0 saturated heterocycles. The van der Waals surface area contributed by atoms with Crippen LogP contribution in [0, 0.1) is 4.77 Å². The second-order valence-electron chi connectivity index (χ2n) is 7.17. The molecule has 0 radical (unpaired) electrons. The van der Waals surface area contributed by atoms with Gasteiger partial charge in [0.25, 0.3) is 0 Å². The quantitative estimate of drug-likeness (QED) is 0.371. The summed E-state index contributed by atoms with van der Waals surface area (Å²) in [5.41, 5.74) is 3.18. The second-order valence-corrected chi connectivity index (χ2v) is 7.94. The normalized spacial score (nSPS) is 11.2. The summed E-state index contributed by atoms with van der Waals surface area (Å²) >= 11 is 12.1. The highest BCUT2D eigenvalue weighted by Gasteiger charge is 2.15. The van der Waals surface area contributed by atoms with Crippen molar-refractivity contribution in [1.29, 1.82) is 0 Å². The number of benzene rings is 2. The fourth-order valence-electron chi connectivity index (χ4n) is 3.35. The molecular formula is C23H22ClN5S. The molecule has 4 aromatic rings. The van der Waals surface area contributed by atoms with E-state index in [0.29, 0.717) is 24.5 Å². The van der Waals surface area contributed by atoms with Crippen molar-refractivity contribution in [2.24, 2.45) is 0 Å². The largest absolute Gasteiger partial charge is 0.295 e. The Morgan fingerprint density at radius 1 is 1.00 bits per heavy atom. The minimum absolute atomic E-state index is 0.555. The monoisotopic (exact) mass is 435 g/mol. The fourth-order valence-corrected chi connectivity index (χ4v) is 3.79. The van der Waals surface area contributed by atoms with E-state index in [1.54, 1.807) is 6.20 Å². The van der Waals surface area contributed by atoms with Crippen LogP contribution in [0.15, 0.2) is 79.1 Å². The zero-order valence-electron chi connectivity index (χ0n) is 16.6. The third-order valence-corrected chi connectivity index (χ3v) is 5.60. The average molecular weight is 436 g/mol. The van der Waals surface area contributed by atoms with Gasteiger partial charge in [0.1, 0.15) is 0 Å². The van der Waals surface area contributed by atoms with Crippen molar-refractivity contribution in [3.05, 3.63) is 100 Å². The maximum atomic E-state index is 6.32. The summed E-state index contributed by atoms with van der Waals surface area (Å²) in [5.74, 6) is 0.808. The van der Waals surface area contributed by atoms with Crippen molar-refractivity contribution < 1.29 is 0 Å². The van der Waals surface area contributed by atoms with Gasteiger partial charge in [0.15, 0.2) is 10.6 Å². The smallest absolute Gasteiger partial charge is 0.199 e. The Labute approximate surface area is 186 Å². The van der Waals surface area contributed by atoms with E-state index < -0.39 is 0 Å². The van der Waals surface area contributed by atoms with Crippen molar-refractivity contribution in [2.45, 2.75) is 19.8 Å². The Morgan fingerprint density at radius 3 is 2.50 bits per heavy atom. The highest BCUT2D eigenvalue weighted by atomic mass is 35.5. The predicted octanol–water partition coefficient (Wildman–Crippen LogP) is 5.27. The van der Waals surface area contributed by atoms with E-state index in [4.69, 9.17) is 28.9 Å². The number of rotatable bonds is 7. The molecule has 0 aliphatic heterocycles. The molecule has 2 heterocycles. The van der Waals surface area contributed by atoms with Crippen LogP contribution in [0.5, 0.6) is 0 Å². The molecule has 2 aromatic carbocycles. The molecule has 0 N–H and O–H groups in total. The number of hydrogen-bond donors (Lipinski definition) is 0. The lowest BCUT2D eigenvalue weighted by Gasteiger charge is -2.17. The van der Waals surface area contributed by atoms with Gasteiger partial charge in [-0.1, -0.05) is 60.1 Å². The molecule has 0 aliphatic rings. The zero-order valence-corrected chi connectivity index (χ0v) is 18.2. The van der Waals surface area contributed by atoms with Crippen LogP contribution in [0.25, 0.3) is 11.4 Å². The fraction of sp³-hybridized carbons (Fsp3) is 0.174. The number of aromatic nitrogens is 4. The average Bonchev–Trinajstić information content (AvgIpc) is 3.06. The first-order valence-electron chi connectivity index (χ1n) is 9.66. The standard InChI is InChI=1S/C23H22ClN5S/c1-27(16-20-10-5-6-12-21(20)24)17-29-23(30)28(15-18-8-3-2-4-9-18)22(26-29)19-11-7-13-25-14-19/h2-14H,15-17H2,1H3. The van der Waals surface area contributed by atoms with Gasteiger partial charge in [-0.25, -0.2) is 4.68 Å². The molecule has 7 heteroatoms. The summed E-state index contributed by atoms with van der Waals surface area (Å²) in [6.45, 7) is 1.91. The minimum atomic E-state index is 0.555. The van der Waals surface area contributed by atoms with E-state index in [1.165, 1.54) is 5.56 Å². The topological polar surface area (TPSA) is 38.9 Å². The van der Waals surface area contributed by atoms with Gasteiger partial charge >= 0.3 is 0 Å². The van der Waals surface area contributed by atoms with Gasteiger partial charge in [-0.05, 0) is 48.6 Å². The van der Waals surface area contributed by atoms with E-state index in [1.807, 2.05) is 72.5 Å². The molecule has 4 rings (SSSR count). The summed E-state index contributed by atoms with van der Waals surface area (Å²) in [5, 5.41) is 5.60. The summed E-state index contributed by atoms with van der Waals surface area (Å²) in [7, 11) is 2.03. The highest BCUT2D eigenvalue weighted by molar-refractivity contribution is 7.71. The Kier molecular flexibility index (Phi) is 6.38. The van der Waals surface area contributed by atoms with Gasteiger partial charge in [0.2, 0.25) is 0 Å². The summed E-state index contributed by atoms with van der Waals surface area (Å²) in [6.07, 6.45) is 3.57. The molecule has 0 spiro atoms. The van der Waals surface area contributed by atoms with Crippen LogP contribution in [0.4, 0.5) is 0 Å². The van der Waals surface area contributed by atoms with E-state index in [2.05, 4.69) is 26.6 Å². The first-order valence-corrected chi connectivity index (χ1v) is 10.4. The predicted molar refractivity (Wildman–Crippen MR) is 123 cm³/mol. The molecule has 0 amide bonds. The molecule has 30 heavy (non-hydrogen) atoms. The van der Waals surface area contributed by atoms with E-state index >= 15 is 0 Å². The SMILES string of the molecule is CN(Cc1ccccc1Cl)Cn1nc(-c2cccnc2)n(Cc2ccccc2)c1=S. The number of nitrogens with zero attached hydrogens (tertiary/aromatic N) is 5. The van der Waals surface area contributed by atoms with Gasteiger partial charge in [-0.15, -0.1) is 0 Å². The summed E-state index contributed by atoms with van der Waals surface area (Å²) < 4.78 is 4.59. The summed E-state index contributed by atoms with van der Waals surface area (Å²) in [4.78, 5) is 6.40. The molecule has 0 saturated carbocycles. The molecule has 0 fully saturated rings. The highest BCUT2D eigenvalue weighted by Crippen LogP contribution is 2.20. The maximum Gasteiger partial charge on any atom is 0.199 e. The molecule has 0 bridgehead atoms. The van der Waals surface area contributed by atoms with Crippen molar-refractivity contribution in [1.82, 2.24) is 24.2 Å². The summed E-state index contributed by atoms with van der Waals surface area (Å²) in [6, 6.07) is 22.1. The number of halogens is 1. The Hall–Kier alpha value is -2.80. The molecule has 0 atom stereocenters. The number of pyridine rings is 1. The first-order chi connectivity index (χ1) is 14.6. The number of hydrogen-bond acceptors (Lipinski definition) is 4. The van der Waals surface area contributed by atoms with Crippen molar-refractivity contribution in [3.8, 4) is 11.4 Å². The van der Waals surface area contributed by atoms with Gasteiger partial charge in [-0.2, -0.15) is 5.10 Å². The van der Waals surface area contributed by atoms with Gasteiger partial charge in [-0.3, -0.25) is 14.5 Å². The first kappa shape index (κ1) is 20.5. The van der Waals surface area contributed by atoms with Gasteiger partial charge < -0.3 is 0 Å². The Balaban J connectivity index is 1.65. The van der Waals surface area contributed by atoms with Crippen LogP contribution < -0.4 is 0 Å². The zero-order chi connectivity index (χ0) is 20.9. The van der Waals surface area contributed by atoms with Crippen LogP contribution in [-0.4, -0.2) is 31.3 Å². The molecule has 5 nitrogen and oxygen atoms in total. The minimum Gasteiger partial charge on any atom is -0.295 e. The molecule has 2 aromatic heterocycles. The van der Waals surface area contributed by atoms with E-state index in [9.17, 15) is 0 Å². The van der Waals surface area contributed by atoms with Crippen LogP contribution >= 0.6 is 23.8 Å². The Bertz CT molecular complexity index is 1170. The molecule has 0 unspecified atom stereocenters. The van der Waals surface area contributed by atoms with Crippen molar-refractivity contribution in [3.63, 3.8) is 0 Å². The third-order valence-electron chi connectivity index (χ3n) is 4.80. The van der Waals surface area contributed by atoms with Crippen LogP contribution in [-0.2, 0) is 19.8 Å². The lowest BCUT2D eigenvalue weighted by atomic mass is 10.2. The Morgan fingerprint density at radius 2 is 1.77 bits per heavy atom. The second kappa shape index (κ2) is 9.34. The van der Waals surface area contributed by atoms with Gasteiger partial charge in [0.05, 0.1) is 13.2 Å². The molecule has 0 aliphatic carbocycles. The molecular weight excluding hydrogens is 414 g/mol. The third kappa shape index (κ3) is 4.67. The lowest BCUT2D eigenvalue weighted by Crippen LogP contribution is -2.22. The molecule has 152 valence electrons.